The van der Waals surface area contributed by atoms with Crippen LogP contribution in [0.15, 0.2) is 15.9 Å². The molecular weight excluding hydrogens is 270 g/mol. The fraction of sp³-hybridized carbons (Fsp3) is 0.667. The van der Waals surface area contributed by atoms with Gasteiger partial charge in [-0.05, 0) is 47.3 Å². The molecule has 0 saturated heterocycles. The van der Waals surface area contributed by atoms with Crippen LogP contribution in [0.2, 0.25) is 0 Å². The highest BCUT2D eigenvalue weighted by molar-refractivity contribution is 9.10. The van der Waals surface area contributed by atoms with Crippen molar-refractivity contribution < 1.29 is 0 Å². The Hall–Kier alpha value is 0.140. The van der Waals surface area contributed by atoms with Crippen LogP contribution in [0.25, 0.3) is 0 Å². The van der Waals surface area contributed by atoms with Crippen molar-refractivity contribution in [3.05, 3.63) is 20.8 Å². The molecule has 1 heterocycles. The second-order valence-electron chi connectivity index (χ2n) is 4.37. The molecule has 0 amide bonds. The summed E-state index contributed by atoms with van der Waals surface area (Å²) in [5, 5.41) is 5.72. The van der Waals surface area contributed by atoms with Gasteiger partial charge in [-0.15, -0.1) is 11.3 Å². The van der Waals surface area contributed by atoms with Crippen molar-refractivity contribution >= 4 is 27.3 Å². The van der Waals surface area contributed by atoms with Crippen LogP contribution in [0.5, 0.6) is 0 Å². The maximum Gasteiger partial charge on any atom is 0.0300 e. The molecule has 3 heteroatoms. The second-order valence-corrected chi connectivity index (χ2v) is 6.28. The zero-order valence-corrected chi connectivity index (χ0v) is 11.4. The normalized spacial score (nSPS) is 18.2. The molecule has 1 nitrogen and oxygen atoms in total. The first-order valence-electron chi connectivity index (χ1n) is 5.78. The van der Waals surface area contributed by atoms with Crippen LogP contribution < -0.4 is 5.32 Å². The predicted octanol–water partition coefficient (Wildman–Crippen LogP) is 4.18. The summed E-state index contributed by atoms with van der Waals surface area (Å²) in [6, 6.07) is 2.21. The molecule has 1 fully saturated rings. The zero-order chi connectivity index (χ0) is 10.5. The van der Waals surface area contributed by atoms with Crippen LogP contribution in [-0.2, 0) is 6.54 Å². The SMILES string of the molecule is Brc1csc(CNCC2CCCCC2)c1. The Balaban J connectivity index is 1.65. The molecule has 1 N–H and O–H groups in total. The zero-order valence-electron chi connectivity index (χ0n) is 8.97. The third kappa shape index (κ3) is 3.89. The Bertz CT molecular complexity index is 292. The standard InChI is InChI=1S/C12H18BrNS/c13-11-6-12(15-9-11)8-14-7-10-4-2-1-3-5-10/h6,9-10,14H,1-5,7-8H2. The molecule has 1 aromatic rings. The van der Waals surface area contributed by atoms with Gasteiger partial charge in [0.1, 0.15) is 0 Å². The van der Waals surface area contributed by atoms with Gasteiger partial charge in [0.05, 0.1) is 0 Å². The summed E-state index contributed by atoms with van der Waals surface area (Å²) in [5.41, 5.74) is 0. The van der Waals surface area contributed by atoms with Gasteiger partial charge in [-0.2, -0.15) is 0 Å². The van der Waals surface area contributed by atoms with Crippen molar-refractivity contribution in [3.8, 4) is 0 Å². The molecule has 1 aromatic heterocycles. The van der Waals surface area contributed by atoms with Gasteiger partial charge in [0.25, 0.3) is 0 Å². The first-order valence-corrected chi connectivity index (χ1v) is 7.45. The van der Waals surface area contributed by atoms with Crippen LogP contribution in [0.1, 0.15) is 37.0 Å². The summed E-state index contributed by atoms with van der Waals surface area (Å²) in [4.78, 5) is 1.43. The molecule has 0 unspecified atom stereocenters. The summed E-state index contributed by atoms with van der Waals surface area (Å²) in [6.45, 7) is 2.24. The van der Waals surface area contributed by atoms with Crippen molar-refractivity contribution in [2.75, 3.05) is 6.54 Å². The minimum absolute atomic E-state index is 0.933. The molecule has 0 atom stereocenters. The molecule has 0 aromatic carbocycles. The van der Waals surface area contributed by atoms with Crippen molar-refractivity contribution in [3.63, 3.8) is 0 Å². The monoisotopic (exact) mass is 287 g/mol. The Kier molecular flexibility index (Phi) is 4.66. The summed E-state index contributed by atoms with van der Waals surface area (Å²) >= 11 is 5.31. The van der Waals surface area contributed by atoms with Crippen LogP contribution in [0.4, 0.5) is 0 Å². The molecule has 1 saturated carbocycles. The molecule has 84 valence electrons. The maximum atomic E-state index is 3.57. The van der Waals surface area contributed by atoms with Gasteiger partial charge in [-0.3, -0.25) is 0 Å². The number of rotatable bonds is 4. The van der Waals surface area contributed by atoms with Crippen molar-refractivity contribution in [2.45, 2.75) is 38.6 Å². The van der Waals surface area contributed by atoms with Gasteiger partial charge in [0, 0.05) is 21.3 Å². The Morgan fingerprint density at radius 2 is 2.13 bits per heavy atom. The second kappa shape index (κ2) is 6.02. The van der Waals surface area contributed by atoms with Crippen molar-refractivity contribution in [2.24, 2.45) is 5.92 Å². The average molecular weight is 288 g/mol. The van der Waals surface area contributed by atoms with Crippen molar-refractivity contribution in [1.82, 2.24) is 5.32 Å². The lowest BCUT2D eigenvalue weighted by atomic mass is 9.89. The van der Waals surface area contributed by atoms with Crippen molar-refractivity contribution in [1.29, 1.82) is 0 Å². The Labute approximate surface area is 104 Å². The van der Waals surface area contributed by atoms with E-state index in [1.54, 1.807) is 0 Å². The largest absolute Gasteiger partial charge is 0.312 e. The van der Waals surface area contributed by atoms with Gasteiger partial charge in [-0.1, -0.05) is 19.3 Å². The van der Waals surface area contributed by atoms with Gasteiger partial charge < -0.3 is 5.32 Å². The molecule has 0 bridgehead atoms. The molecule has 2 rings (SSSR count). The van der Waals surface area contributed by atoms with E-state index in [1.807, 2.05) is 11.3 Å². The van der Waals surface area contributed by atoms with E-state index in [0.29, 0.717) is 0 Å². The maximum absolute atomic E-state index is 3.57. The lowest BCUT2D eigenvalue weighted by Crippen LogP contribution is -2.23. The molecule has 0 radical (unpaired) electrons. The van der Waals surface area contributed by atoms with Crippen LogP contribution >= 0.6 is 27.3 Å². The molecule has 1 aliphatic carbocycles. The Morgan fingerprint density at radius 1 is 1.33 bits per heavy atom. The number of halogens is 1. The quantitative estimate of drug-likeness (QED) is 0.876. The van der Waals surface area contributed by atoms with E-state index >= 15 is 0 Å². The highest BCUT2D eigenvalue weighted by Crippen LogP contribution is 2.23. The first-order chi connectivity index (χ1) is 7.34. The minimum Gasteiger partial charge on any atom is -0.312 e. The number of thiophene rings is 1. The average Bonchev–Trinajstić information content (AvgIpc) is 2.66. The third-order valence-electron chi connectivity index (χ3n) is 3.08. The summed E-state index contributed by atoms with van der Waals surface area (Å²) in [5.74, 6) is 0.933. The minimum atomic E-state index is 0.933. The summed E-state index contributed by atoms with van der Waals surface area (Å²) in [6.07, 6.45) is 7.20. The van der Waals surface area contributed by atoms with Gasteiger partial charge in [-0.25, -0.2) is 0 Å². The fourth-order valence-corrected chi connectivity index (χ4v) is 3.66. The number of nitrogens with one attached hydrogen (secondary N) is 1. The smallest absolute Gasteiger partial charge is 0.0300 e. The lowest BCUT2D eigenvalue weighted by Gasteiger charge is -2.21. The molecule has 0 spiro atoms. The Morgan fingerprint density at radius 3 is 2.80 bits per heavy atom. The van der Waals surface area contributed by atoms with E-state index in [1.165, 1.54) is 48.0 Å². The highest BCUT2D eigenvalue weighted by atomic mass is 79.9. The summed E-state index contributed by atoms with van der Waals surface area (Å²) < 4.78 is 1.21. The van der Waals surface area contributed by atoms with E-state index in [0.717, 1.165) is 12.5 Å². The molecule has 1 aliphatic rings. The van der Waals surface area contributed by atoms with E-state index in [4.69, 9.17) is 0 Å². The predicted molar refractivity (Wildman–Crippen MR) is 70.3 cm³/mol. The van der Waals surface area contributed by atoms with Crippen LogP contribution in [0, 0.1) is 5.92 Å². The van der Waals surface area contributed by atoms with E-state index in [9.17, 15) is 0 Å². The van der Waals surface area contributed by atoms with Gasteiger partial charge in [0.2, 0.25) is 0 Å². The highest BCUT2D eigenvalue weighted by Gasteiger charge is 2.12. The van der Waals surface area contributed by atoms with E-state index < -0.39 is 0 Å². The molecule has 0 aliphatic heterocycles. The van der Waals surface area contributed by atoms with E-state index in [-0.39, 0.29) is 0 Å². The van der Waals surface area contributed by atoms with Crippen LogP contribution in [0.3, 0.4) is 0 Å². The topological polar surface area (TPSA) is 12.0 Å². The summed E-state index contributed by atoms with van der Waals surface area (Å²) in [7, 11) is 0. The number of hydrogen-bond donors (Lipinski definition) is 1. The molecule has 15 heavy (non-hydrogen) atoms. The molecular formula is C12H18BrNS. The van der Waals surface area contributed by atoms with Gasteiger partial charge in [0.15, 0.2) is 0 Å². The fourth-order valence-electron chi connectivity index (χ4n) is 2.24. The third-order valence-corrected chi connectivity index (χ3v) is 4.78. The number of hydrogen-bond acceptors (Lipinski definition) is 2. The lowest BCUT2D eigenvalue weighted by molar-refractivity contribution is 0.342. The van der Waals surface area contributed by atoms with Crippen LogP contribution in [-0.4, -0.2) is 6.54 Å². The van der Waals surface area contributed by atoms with Gasteiger partial charge >= 0.3 is 0 Å². The van der Waals surface area contributed by atoms with E-state index in [2.05, 4.69) is 32.7 Å². The first kappa shape index (κ1) is 11.6.